The van der Waals surface area contributed by atoms with E-state index in [0.717, 1.165) is 10.2 Å². The van der Waals surface area contributed by atoms with Gasteiger partial charge in [0.25, 0.3) is 0 Å². The maximum absolute atomic E-state index is 12.2. The molecule has 0 aliphatic carbocycles. The first-order valence-corrected chi connectivity index (χ1v) is 6.01. The normalized spacial score (nSPS) is 11.2. The van der Waals surface area contributed by atoms with Gasteiger partial charge in [0.2, 0.25) is 0 Å². The fourth-order valence-electron chi connectivity index (χ4n) is 1.76. The van der Waals surface area contributed by atoms with Crippen molar-refractivity contribution >= 4 is 12.4 Å². The summed E-state index contributed by atoms with van der Waals surface area (Å²) in [5, 5.41) is 16.4. The number of hydrogen-bond acceptors (Lipinski definition) is 3. The van der Waals surface area contributed by atoms with Crippen molar-refractivity contribution in [2.75, 3.05) is 0 Å². The molecule has 0 atom stereocenters. The van der Waals surface area contributed by atoms with Crippen molar-refractivity contribution in [3.05, 3.63) is 47.8 Å². The number of hydrogen-bond donors (Lipinski definition) is 2. The quantitative estimate of drug-likeness (QED) is 0.890. The van der Waals surface area contributed by atoms with E-state index in [9.17, 15) is 18.3 Å². The van der Waals surface area contributed by atoms with Crippen molar-refractivity contribution in [1.29, 1.82) is 0 Å². The molecule has 2 rings (SSSR count). The first kappa shape index (κ1) is 17.3. The Hall–Kier alpha value is -1.73. The maximum atomic E-state index is 12.2. The van der Waals surface area contributed by atoms with Gasteiger partial charge in [-0.05, 0) is 12.1 Å². The molecule has 0 spiro atoms. The number of alkyl halides is 3. The molecule has 1 aromatic carbocycles. The Morgan fingerprint density at radius 1 is 1.14 bits per heavy atom. The number of aromatic hydroxyl groups is 1. The average molecular weight is 322 g/mol. The van der Waals surface area contributed by atoms with E-state index in [-0.39, 0.29) is 18.2 Å². The Kier molecular flexibility index (Phi) is 6.04. The molecule has 2 N–H and O–H groups in total. The summed E-state index contributed by atoms with van der Waals surface area (Å²) >= 11 is 0. The van der Waals surface area contributed by atoms with Crippen LogP contribution in [0.15, 0.2) is 36.5 Å². The molecule has 4 nitrogen and oxygen atoms in total. The summed E-state index contributed by atoms with van der Waals surface area (Å²) in [7, 11) is 0. The van der Waals surface area contributed by atoms with Gasteiger partial charge in [0.15, 0.2) is 0 Å². The molecule has 0 saturated carbocycles. The third-order valence-electron chi connectivity index (χ3n) is 2.65. The molecule has 0 fully saturated rings. The van der Waals surface area contributed by atoms with Crippen LogP contribution in [-0.4, -0.2) is 21.1 Å². The summed E-state index contributed by atoms with van der Waals surface area (Å²) in [6, 6.07) is 8.40. The van der Waals surface area contributed by atoms with Crippen LogP contribution in [0.4, 0.5) is 13.2 Å². The summed E-state index contributed by atoms with van der Waals surface area (Å²) in [4.78, 5) is 0. The highest BCUT2D eigenvalue weighted by molar-refractivity contribution is 5.85. The van der Waals surface area contributed by atoms with Gasteiger partial charge in [0.1, 0.15) is 12.3 Å². The lowest BCUT2D eigenvalue weighted by Crippen LogP contribution is -2.19. The lowest BCUT2D eigenvalue weighted by Gasteiger charge is -2.06. The maximum Gasteiger partial charge on any atom is 0.408 e. The zero-order chi connectivity index (χ0) is 14.6. The van der Waals surface area contributed by atoms with Gasteiger partial charge in [-0.1, -0.05) is 18.2 Å². The molecule has 116 valence electrons. The lowest BCUT2D eigenvalue weighted by atomic mass is 10.2. The molecule has 0 aliphatic rings. The number of phenolic OH excluding ortho intramolecular Hbond substituents is 1. The van der Waals surface area contributed by atoms with Gasteiger partial charge in [-0.3, -0.25) is 4.68 Å². The zero-order valence-corrected chi connectivity index (χ0v) is 11.8. The third kappa shape index (κ3) is 5.65. The second-order valence-electron chi connectivity index (χ2n) is 4.35. The van der Waals surface area contributed by atoms with Crippen LogP contribution < -0.4 is 5.32 Å². The molecule has 0 aliphatic heterocycles. The van der Waals surface area contributed by atoms with Crippen LogP contribution in [-0.2, 0) is 19.6 Å². The Bertz CT molecular complexity index is 572. The molecule has 0 bridgehead atoms. The summed E-state index contributed by atoms with van der Waals surface area (Å²) in [6.45, 7) is -0.343. The first-order valence-electron chi connectivity index (χ1n) is 6.01. The van der Waals surface area contributed by atoms with E-state index in [1.165, 1.54) is 12.3 Å². The van der Waals surface area contributed by atoms with Crippen molar-refractivity contribution in [2.45, 2.75) is 25.8 Å². The SMILES string of the molecule is Cl.Oc1ccccc1CNCc1ccn(CC(F)(F)F)n1. The van der Waals surface area contributed by atoms with Gasteiger partial charge in [-0.15, -0.1) is 12.4 Å². The van der Waals surface area contributed by atoms with E-state index in [1.807, 2.05) is 0 Å². The van der Waals surface area contributed by atoms with E-state index in [0.29, 0.717) is 18.8 Å². The Balaban J connectivity index is 0.00000220. The largest absolute Gasteiger partial charge is 0.508 e. The van der Waals surface area contributed by atoms with Crippen LogP contribution in [0.25, 0.3) is 0 Å². The highest BCUT2D eigenvalue weighted by atomic mass is 35.5. The van der Waals surface area contributed by atoms with Gasteiger partial charge in [-0.25, -0.2) is 0 Å². The minimum atomic E-state index is -4.27. The zero-order valence-electron chi connectivity index (χ0n) is 11.0. The van der Waals surface area contributed by atoms with Crippen molar-refractivity contribution in [2.24, 2.45) is 0 Å². The van der Waals surface area contributed by atoms with Crippen molar-refractivity contribution in [3.8, 4) is 5.75 Å². The summed E-state index contributed by atoms with van der Waals surface area (Å²) in [6.07, 6.45) is -2.98. The minimum Gasteiger partial charge on any atom is -0.508 e. The molecule has 8 heteroatoms. The van der Waals surface area contributed by atoms with Crippen molar-refractivity contribution in [3.63, 3.8) is 0 Å². The Labute approximate surface area is 126 Å². The molecular weight excluding hydrogens is 307 g/mol. The second-order valence-corrected chi connectivity index (χ2v) is 4.35. The lowest BCUT2D eigenvalue weighted by molar-refractivity contribution is -0.142. The van der Waals surface area contributed by atoms with Gasteiger partial charge < -0.3 is 10.4 Å². The molecule has 2 aromatic rings. The smallest absolute Gasteiger partial charge is 0.408 e. The van der Waals surface area contributed by atoms with E-state index in [2.05, 4.69) is 10.4 Å². The van der Waals surface area contributed by atoms with Crippen LogP contribution >= 0.6 is 12.4 Å². The number of aromatic nitrogens is 2. The molecule has 1 aromatic heterocycles. The van der Waals surface area contributed by atoms with E-state index in [4.69, 9.17) is 0 Å². The van der Waals surface area contributed by atoms with E-state index in [1.54, 1.807) is 24.3 Å². The monoisotopic (exact) mass is 321 g/mol. The van der Waals surface area contributed by atoms with Crippen LogP contribution in [0.2, 0.25) is 0 Å². The van der Waals surface area contributed by atoms with Gasteiger partial charge >= 0.3 is 6.18 Å². The van der Waals surface area contributed by atoms with Gasteiger partial charge in [0.05, 0.1) is 5.69 Å². The molecule has 0 amide bonds. The van der Waals surface area contributed by atoms with Crippen LogP contribution in [0, 0.1) is 0 Å². The highest BCUT2D eigenvalue weighted by Gasteiger charge is 2.28. The fraction of sp³-hybridized carbons (Fsp3) is 0.308. The Morgan fingerprint density at radius 3 is 2.52 bits per heavy atom. The van der Waals surface area contributed by atoms with Crippen LogP contribution in [0.1, 0.15) is 11.3 Å². The number of para-hydroxylation sites is 1. The van der Waals surface area contributed by atoms with E-state index >= 15 is 0 Å². The predicted molar refractivity (Wildman–Crippen MR) is 74.2 cm³/mol. The number of rotatable bonds is 5. The third-order valence-corrected chi connectivity index (χ3v) is 2.65. The average Bonchev–Trinajstić information content (AvgIpc) is 2.77. The second kappa shape index (κ2) is 7.33. The Morgan fingerprint density at radius 2 is 1.86 bits per heavy atom. The summed E-state index contributed by atoms with van der Waals surface area (Å²) in [5.41, 5.74) is 1.24. The molecule has 21 heavy (non-hydrogen) atoms. The predicted octanol–water partition coefficient (Wildman–Crippen LogP) is 2.86. The number of benzene rings is 1. The fourth-order valence-corrected chi connectivity index (χ4v) is 1.76. The van der Waals surface area contributed by atoms with Crippen LogP contribution in [0.5, 0.6) is 5.75 Å². The van der Waals surface area contributed by atoms with Crippen LogP contribution in [0.3, 0.4) is 0 Å². The van der Waals surface area contributed by atoms with Gasteiger partial charge in [0, 0.05) is 24.8 Å². The van der Waals surface area contributed by atoms with Crippen molar-refractivity contribution < 1.29 is 18.3 Å². The molecule has 0 saturated heterocycles. The molecule has 0 radical (unpaired) electrons. The molecule has 1 heterocycles. The number of phenols is 1. The van der Waals surface area contributed by atoms with E-state index < -0.39 is 12.7 Å². The summed E-state index contributed by atoms with van der Waals surface area (Å²) < 4.78 is 37.4. The molecule has 0 unspecified atom stereocenters. The standard InChI is InChI=1S/C13H14F3N3O.ClH/c14-13(15,16)9-19-6-5-11(18-19)8-17-7-10-3-1-2-4-12(10)20;/h1-6,17,20H,7-9H2;1H. The topological polar surface area (TPSA) is 50.1 Å². The van der Waals surface area contributed by atoms with Crippen molar-refractivity contribution in [1.82, 2.24) is 15.1 Å². The molecular formula is C13H15ClF3N3O. The number of nitrogens with one attached hydrogen (secondary N) is 1. The highest BCUT2D eigenvalue weighted by Crippen LogP contribution is 2.17. The number of halogens is 4. The minimum absolute atomic E-state index is 0. The number of nitrogens with zero attached hydrogens (tertiary/aromatic N) is 2. The first-order chi connectivity index (χ1) is 9.44. The summed E-state index contributed by atoms with van der Waals surface area (Å²) in [5.74, 6) is 0.183. The van der Waals surface area contributed by atoms with Gasteiger partial charge in [-0.2, -0.15) is 18.3 Å².